The molecule has 2 atom stereocenters. The molecule has 2 unspecified atom stereocenters. The third kappa shape index (κ3) is 1.95. The van der Waals surface area contributed by atoms with E-state index in [9.17, 15) is 14.4 Å². The van der Waals surface area contributed by atoms with Crippen LogP contribution in [-0.2, 0) is 9.59 Å². The van der Waals surface area contributed by atoms with Crippen LogP contribution in [0.1, 0.15) is 58.4 Å². The van der Waals surface area contributed by atoms with Gasteiger partial charge in [0.15, 0.2) is 0 Å². The highest BCUT2D eigenvalue weighted by Crippen LogP contribution is 2.40. The maximum absolute atomic E-state index is 12.8. The number of hydrogen-bond acceptors (Lipinski definition) is 3. The number of amides is 3. The second-order valence-corrected chi connectivity index (χ2v) is 6.26. The van der Waals surface area contributed by atoms with Crippen molar-refractivity contribution in [3.8, 4) is 0 Å². The third-order valence-corrected chi connectivity index (χ3v) is 5.05. The number of rotatable bonds is 1. The van der Waals surface area contributed by atoms with Gasteiger partial charge in [-0.3, -0.25) is 19.7 Å². The lowest BCUT2D eigenvalue weighted by Gasteiger charge is -2.33. The fraction of sp³-hybridized carbons (Fsp3) is 0.471. The number of imide groups is 1. The summed E-state index contributed by atoms with van der Waals surface area (Å²) in [5.74, 6) is -0.737. The van der Waals surface area contributed by atoms with Crippen molar-refractivity contribution < 1.29 is 14.4 Å². The molecule has 0 spiro atoms. The smallest absolute Gasteiger partial charge is 0.255 e. The van der Waals surface area contributed by atoms with Crippen LogP contribution in [-0.4, -0.2) is 28.7 Å². The average molecular weight is 300 g/mol. The summed E-state index contributed by atoms with van der Waals surface area (Å²) in [7, 11) is 0. The van der Waals surface area contributed by atoms with Crippen LogP contribution in [0, 0.1) is 20.8 Å². The van der Waals surface area contributed by atoms with Crippen LogP contribution in [0.2, 0.25) is 0 Å². The van der Waals surface area contributed by atoms with Crippen LogP contribution in [0.3, 0.4) is 0 Å². The maximum atomic E-state index is 12.8. The number of carbonyl (C=O) groups excluding carboxylic acids is 3. The standard InChI is InChI=1S/C17H20N2O3/c1-8-7-12-15(10(3)9(8)2)11(4)19(17(12)22)13-5-6-14(20)18-16(13)21/h7,11,13H,5-6H2,1-4H3,(H,18,20,21). The lowest BCUT2D eigenvalue weighted by atomic mass is 9.92. The van der Waals surface area contributed by atoms with Crippen molar-refractivity contribution in [2.75, 3.05) is 0 Å². The first-order valence-electron chi connectivity index (χ1n) is 7.60. The minimum absolute atomic E-state index is 0.108. The van der Waals surface area contributed by atoms with Gasteiger partial charge >= 0.3 is 0 Å². The Bertz CT molecular complexity index is 708. The van der Waals surface area contributed by atoms with Gasteiger partial charge in [0.25, 0.3) is 5.91 Å². The van der Waals surface area contributed by atoms with Crippen molar-refractivity contribution in [1.82, 2.24) is 10.2 Å². The molecule has 1 fully saturated rings. The number of piperidine rings is 1. The molecule has 0 radical (unpaired) electrons. The zero-order chi connectivity index (χ0) is 16.2. The molecule has 1 aromatic carbocycles. The first kappa shape index (κ1) is 14.8. The van der Waals surface area contributed by atoms with Crippen LogP contribution in [0.15, 0.2) is 6.07 Å². The van der Waals surface area contributed by atoms with Gasteiger partial charge in [0.2, 0.25) is 11.8 Å². The second-order valence-electron chi connectivity index (χ2n) is 6.26. The average Bonchev–Trinajstić information content (AvgIpc) is 2.69. The van der Waals surface area contributed by atoms with Gasteiger partial charge in [0, 0.05) is 12.0 Å². The molecule has 3 amide bonds. The van der Waals surface area contributed by atoms with E-state index >= 15 is 0 Å². The van der Waals surface area contributed by atoms with Gasteiger partial charge in [-0.15, -0.1) is 0 Å². The predicted molar refractivity (Wildman–Crippen MR) is 81.4 cm³/mol. The number of fused-ring (bicyclic) bond motifs is 1. The van der Waals surface area contributed by atoms with E-state index in [0.717, 1.165) is 16.7 Å². The number of hydrogen-bond donors (Lipinski definition) is 1. The molecule has 1 N–H and O–H groups in total. The van der Waals surface area contributed by atoms with Gasteiger partial charge in [0.1, 0.15) is 6.04 Å². The quantitative estimate of drug-likeness (QED) is 0.806. The highest BCUT2D eigenvalue weighted by molar-refractivity contribution is 6.06. The predicted octanol–water partition coefficient (Wildman–Crippen LogP) is 1.93. The summed E-state index contributed by atoms with van der Waals surface area (Å²) in [5, 5.41) is 2.34. The monoisotopic (exact) mass is 300 g/mol. The number of aryl methyl sites for hydroxylation is 1. The topological polar surface area (TPSA) is 66.5 Å². The van der Waals surface area contributed by atoms with E-state index in [1.807, 2.05) is 26.8 Å². The highest BCUT2D eigenvalue weighted by Gasteiger charge is 2.43. The van der Waals surface area contributed by atoms with Crippen LogP contribution >= 0.6 is 0 Å². The van der Waals surface area contributed by atoms with Crippen LogP contribution in [0.4, 0.5) is 0 Å². The summed E-state index contributed by atoms with van der Waals surface area (Å²) in [6, 6.07) is 1.21. The van der Waals surface area contributed by atoms with Crippen LogP contribution < -0.4 is 5.32 Å². The second kappa shape index (κ2) is 4.93. The molecule has 0 saturated carbocycles. The number of nitrogens with zero attached hydrogens (tertiary/aromatic N) is 1. The Morgan fingerprint density at radius 1 is 1.14 bits per heavy atom. The van der Waals surface area contributed by atoms with E-state index in [1.165, 1.54) is 5.56 Å². The molecule has 22 heavy (non-hydrogen) atoms. The van der Waals surface area contributed by atoms with E-state index in [1.54, 1.807) is 4.90 Å². The fourth-order valence-electron chi connectivity index (χ4n) is 3.63. The molecule has 5 heteroatoms. The minimum atomic E-state index is -0.562. The van der Waals surface area contributed by atoms with E-state index in [-0.39, 0.29) is 30.2 Å². The van der Waals surface area contributed by atoms with Gasteiger partial charge in [0.05, 0.1) is 6.04 Å². The Balaban J connectivity index is 2.04. The molecule has 1 aromatic rings. The summed E-state index contributed by atoms with van der Waals surface area (Å²) < 4.78 is 0. The van der Waals surface area contributed by atoms with E-state index < -0.39 is 6.04 Å². The van der Waals surface area contributed by atoms with Gasteiger partial charge in [-0.05, 0) is 62.4 Å². The Morgan fingerprint density at radius 2 is 1.82 bits per heavy atom. The van der Waals surface area contributed by atoms with E-state index in [0.29, 0.717) is 12.0 Å². The first-order valence-corrected chi connectivity index (χ1v) is 7.60. The minimum Gasteiger partial charge on any atom is -0.320 e. The third-order valence-electron chi connectivity index (χ3n) is 5.05. The molecule has 116 valence electrons. The summed E-state index contributed by atoms with van der Waals surface area (Å²) in [6.45, 7) is 8.03. The van der Waals surface area contributed by atoms with Crippen molar-refractivity contribution in [2.45, 2.75) is 52.6 Å². The lowest BCUT2D eigenvalue weighted by Crippen LogP contribution is -2.53. The molecular formula is C17H20N2O3. The van der Waals surface area contributed by atoms with Crippen molar-refractivity contribution in [3.63, 3.8) is 0 Å². The largest absolute Gasteiger partial charge is 0.320 e. The van der Waals surface area contributed by atoms with E-state index in [4.69, 9.17) is 0 Å². The van der Waals surface area contributed by atoms with Gasteiger partial charge in [-0.2, -0.15) is 0 Å². The molecule has 1 saturated heterocycles. The SMILES string of the molecule is Cc1cc2c(c(C)c1C)C(C)N(C1CCC(=O)NC1=O)C2=O. The zero-order valence-electron chi connectivity index (χ0n) is 13.3. The molecule has 2 aliphatic heterocycles. The van der Waals surface area contributed by atoms with Gasteiger partial charge < -0.3 is 4.90 Å². The number of carbonyl (C=O) groups is 3. The molecule has 2 aliphatic rings. The Labute approximate surface area is 129 Å². The normalized spacial score (nSPS) is 24.5. The van der Waals surface area contributed by atoms with Crippen molar-refractivity contribution >= 4 is 17.7 Å². The summed E-state index contributed by atoms with van der Waals surface area (Å²) in [4.78, 5) is 37.9. The molecule has 0 bridgehead atoms. The maximum Gasteiger partial charge on any atom is 0.255 e. The Kier molecular flexibility index (Phi) is 3.31. The van der Waals surface area contributed by atoms with Crippen LogP contribution in [0.5, 0.6) is 0 Å². The summed E-state index contributed by atoms with van der Waals surface area (Å²) >= 11 is 0. The molecule has 0 aromatic heterocycles. The van der Waals surface area contributed by atoms with Crippen molar-refractivity contribution in [1.29, 1.82) is 0 Å². The molecule has 0 aliphatic carbocycles. The van der Waals surface area contributed by atoms with Crippen LogP contribution in [0.25, 0.3) is 0 Å². The number of nitrogens with one attached hydrogen (secondary N) is 1. The molecule has 5 nitrogen and oxygen atoms in total. The molecular weight excluding hydrogens is 280 g/mol. The Morgan fingerprint density at radius 3 is 2.45 bits per heavy atom. The van der Waals surface area contributed by atoms with E-state index in [2.05, 4.69) is 12.2 Å². The fourth-order valence-corrected chi connectivity index (χ4v) is 3.63. The summed E-state index contributed by atoms with van der Waals surface area (Å²) in [5.41, 5.74) is 5.09. The van der Waals surface area contributed by atoms with Crippen molar-refractivity contribution in [3.05, 3.63) is 33.9 Å². The Hall–Kier alpha value is -2.17. The summed E-state index contributed by atoms with van der Waals surface area (Å²) in [6.07, 6.45) is 0.673. The van der Waals surface area contributed by atoms with Crippen molar-refractivity contribution in [2.24, 2.45) is 0 Å². The highest BCUT2D eigenvalue weighted by atomic mass is 16.2. The van der Waals surface area contributed by atoms with Gasteiger partial charge in [-0.25, -0.2) is 0 Å². The number of benzene rings is 1. The zero-order valence-corrected chi connectivity index (χ0v) is 13.3. The first-order chi connectivity index (χ1) is 10.3. The molecule has 2 heterocycles. The lowest BCUT2D eigenvalue weighted by molar-refractivity contribution is -0.137. The van der Waals surface area contributed by atoms with Gasteiger partial charge in [-0.1, -0.05) is 0 Å². The molecule has 3 rings (SSSR count).